The summed E-state index contributed by atoms with van der Waals surface area (Å²) < 4.78 is 5.32. The molecule has 144 valence electrons. The highest BCUT2D eigenvalue weighted by atomic mass is 32.1. The summed E-state index contributed by atoms with van der Waals surface area (Å²) in [7, 11) is 0. The molecule has 0 unspecified atom stereocenters. The second kappa shape index (κ2) is 9.80. The Morgan fingerprint density at radius 2 is 1.71 bits per heavy atom. The first-order valence-electron chi connectivity index (χ1n) is 9.09. The molecule has 1 N–H and O–H groups in total. The maximum Gasteiger partial charge on any atom is 0.307 e. The zero-order valence-electron chi connectivity index (χ0n) is 15.4. The number of ketones is 1. The third kappa shape index (κ3) is 5.50. The third-order valence-electron chi connectivity index (χ3n) is 4.30. The second-order valence-electron chi connectivity index (χ2n) is 6.30. The number of hydrogen-bond acceptors (Lipinski definition) is 5. The number of Topliss-reactive ketones (excluding diaryl/α,β-unsaturated/α-hetero) is 1. The average molecular weight is 395 g/mol. The second-order valence-corrected chi connectivity index (χ2v) is 7.25. The van der Waals surface area contributed by atoms with Crippen molar-refractivity contribution >= 4 is 39.8 Å². The van der Waals surface area contributed by atoms with Gasteiger partial charge in [-0.1, -0.05) is 48.5 Å². The van der Waals surface area contributed by atoms with Gasteiger partial charge in [0.05, 0.1) is 11.3 Å². The van der Waals surface area contributed by atoms with Crippen LogP contribution in [0, 0.1) is 0 Å². The Kier molecular flexibility index (Phi) is 6.92. The number of ether oxygens (including phenoxy) is 1. The van der Waals surface area contributed by atoms with Gasteiger partial charge >= 0.3 is 5.97 Å². The van der Waals surface area contributed by atoms with Gasteiger partial charge in [-0.3, -0.25) is 14.4 Å². The van der Waals surface area contributed by atoms with Crippen LogP contribution in [0.1, 0.15) is 34.5 Å². The lowest BCUT2D eigenvalue weighted by Crippen LogP contribution is -2.26. The highest BCUT2D eigenvalue weighted by Crippen LogP contribution is 2.19. The minimum atomic E-state index is -0.372. The SMILES string of the molecule is O=C(CCC(=O)c1cccs1)NCCC(=O)OCc1cccc2ccccc12. The Labute approximate surface area is 167 Å². The highest BCUT2D eigenvalue weighted by molar-refractivity contribution is 7.12. The van der Waals surface area contributed by atoms with Crippen molar-refractivity contribution in [1.29, 1.82) is 0 Å². The number of esters is 1. The highest BCUT2D eigenvalue weighted by Gasteiger charge is 2.11. The third-order valence-corrected chi connectivity index (χ3v) is 5.21. The van der Waals surface area contributed by atoms with Crippen molar-refractivity contribution in [1.82, 2.24) is 5.32 Å². The molecule has 0 aliphatic rings. The molecule has 0 aliphatic heterocycles. The summed E-state index contributed by atoms with van der Waals surface area (Å²) in [4.78, 5) is 36.3. The first kappa shape index (κ1) is 19.8. The normalized spacial score (nSPS) is 10.6. The minimum Gasteiger partial charge on any atom is -0.461 e. The molecule has 0 saturated heterocycles. The molecule has 0 saturated carbocycles. The molecule has 28 heavy (non-hydrogen) atoms. The lowest BCUT2D eigenvalue weighted by Gasteiger charge is -2.08. The fraction of sp³-hybridized carbons (Fsp3) is 0.227. The molecule has 0 radical (unpaired) electrons. The zero-order chi connectivity index (χ0) is 19.8. The van der Waals surface area contributed by atoms with Gasteiger partial charge in [-0.25, -0.2) is 0 Å². The van der Waals surface area contributed by atoms with Gasteiger partial charge in [0.1, 0.15) is 6.61 Å². The Hall–Kier alpha value is -2.99. The Morgan fingerprint density at radius 3 is 2.54 bits per heavy atom. The molecule has 2 aromatic carbocycles. The fourth-order valence-corrected chi connectivity index (χ4v) is 3.52. The molecule has 3 rings (SSSR count). The maximum absolute atomic E-state index is 11.9. The molecule has 1 amide bonds. The van der Waals surface area contributed by atoms with E-state index in [4.69, 9.17) is 4.74 Å². The molecule has 1 heterocycles. The van der Waals surface area contributed by atoms with Gasteiger partial charge in [0.25, 0.3) is 0 Å². The van der Waals surface area contributed by atoms with E-state index in [0.29, 0.717) is 4.88 Å². The minimum absolute atomic E-state index is 0.0420. The van der Waals surface area contributed by atoms with E-state index in [9.17, 15) is 14.4 Å². The largest absolute Gasteiger partial charge is 0.461 e. The van der Waals surface area contributed by atoms with E-state index in [1.807, 2.05) is 53.9 Å². The van der Waals surface area contributed by atoms with E-state index < -0.39 is 0 Å². The van der Waals surface area contributed by atoms with Gasteiger partial charge in [-0.05, 0) is 27.8 Å². The van der Waals surface area contributed by atoms with E-state index in [1.165, 1.54) is 11.3 Å². The van der Waals surface area contributed by atoms with Crippen molar-refractivity contribution in [2.24, 2.45) is 0 Å². The molecule has 0 atom stereocenters. The first-order valence-corrected chi connectivity index (χ1v) is 9.97. The average Bonchev–Trinajstić information content (AvgIpc) is 3.25. The van der Waals surface area contributed by atoms with Crippen LogP contribution in [0.3, 0.4) is 0 Å². The molecule has 0 bridgehead atoms. The zero-order valence-corrected chi connectivity index (χ0v) is 16.2. The molecule has 0 fully saturated rings. The summed E-state index contributed by atoms with van der Waals surface area (Å²) >= 11 is 1.37. The van der Waals surface area contributed by atoms with Crippen LogP contribution in [0.15, 0.2) is 60.0 Å². The Morgan fingerprint density at radius 1 is 0.893 bits per heavy atom. The summed E-state index contributed by atoms with van der Waals surface area (Å²) in [5, 5.41) is 6.64. The molecule has 6 heteroatoms. The van der Waals surface area contributed by atoms with E-state index in [2.05, 4.69) is 5.32 Å². The first-order chi connectivity index (χ1) is 13.6. The van der Waals surface area contributed by atoms with Gasteiger partial charge in [0, 0.05) is 19.4 Å². The van der Waals surface area contributed by atoms with Gasteiger partial charge in [-0.15, -0.1) is 11.3 Å². The molecular formula is C22H21NO4S. The van der Waals surface area contributed by atoms with Crippen molar-refractivity contribution in [3.8, 4) is 0 Å². The Balaban J connectivity index is 1.36. The van der Waals surface area contributed by atoms with E-state index in [-0.39, 0.29) is 50.1 Å². The number of carbonyl (C=O) groups is 3. The summed E-state index contributed by atoms with van der Waals surface area (Å²) in [5.74, 6) is -0.658. The van der Waals surface area contributed by atoms with Gasteiger partial charge < -0.3 is 10.1 Å². The van der Waals surface area contributed by atoms with Crippen LogP contribution in [0.25, 0.3) is 10.8 Å². The number of carbonyl (C=O) groups excluding carboxylic acids is 3. The van der Waals surface area contributed by atoms with Gasteiger partial charge in [0.15, 0.2) is 5.78 Å². The van der Waals surface area contributed by atoms with Crippen LogP contribution in [0.5, 0.6) is 0 Å². The molecule has 5 nitrogen and oxygen atoms in total. The lowest BCUT2D eigenvalue weighted by atomic mass is 10.1. The molecule has 0 spiro atoms. The number of hydrogen-bond donors (Lipinski definition) is 1. The summed E-state index contributed by atoms with van der Waals surface area (Å²) in [6, 6.07) is 17.4. The van der Waals surface area contributed by atoms with Crippen LogP contribution >= 0.6 is 11.3 Å². The van der Waals surface area contributed by atoms with Crippen LogP contribution in [-0.2, 0) is 20.9 Å². The molecular weight excluding hydrogens is 374 g/mol. The number of benzene rings is 2. The number of fused-ring (bicyclic) bond motifs is 1. The fourth-order valence-electron chi connectivity index (χ4n) is 2.83. The number of nitrogens with one attached hydrogen (secondary N) is 1. The molecule has 1 aromatic heterocycles. The molecule has 0 aliphatic carbocycles. The number of rotatable bonds is 9. The monoisotopic (exact) mass is 395 g/mol. The number of amides is 1. The number of thiophene rings is 1. The topological polar surface area (TPSA) is 72.5 Å². The Bertz CT molecular complexity index is 960. The van der Waals surface area contributed by atoms with Crippen molar-refractivity contribution in [2.75, 3.05) is 6.54 Å². The smallest absolute Gasteiger partial charge is 0.307 e. The standard InChI is InChI=1S/C22H21NO4S/c24-19(20-9-4-14-28-20)10-11-21(25)23-13-12-22(26)27-15-17-7-3-6-16-5-1-2-8-18(16)17/h1-9,14H,10-13,15H2,(H,23,25). The van der Waals surface area contributed by atoms with Crippen molar-refractivity contribution in [2.45, 2.75) is 25.9 Å². The van der Waals surface area contributed by atoms with E-state index in [0.717, 1.165) is 16.3 Å². The van der Waals surface area contributed by atoms with Crippen LogP contribution in [0.2, 0.25) is 0 Å². The summed E-state index contributed by atoms with van der Waals surface area (Å²) in [6.45, 7) is 0.393. The van der Waals surface area contributed by atoms with Crippen molar-refractivity contribution in [3.05, 3.63) is 70.4 Å². The quantitative estimate of drug-likeness (QED) is 0.437. The maximum atomic E-state index is 11.9. The lowest BCUT2D eigenvalue weighted by molar-refractivity contribution is -0.144. The van der Waals surface area contributed by atoms with Gasteiger partial charge in [0.2, 0.25) is 5.91 Å². The van der Waals surface area contributed by atoms with Crippen molar-refractivity contribution in [3.63, 3.8) is 0 Å². The predicted octanol–water partition coefficient (Wildman–Crippen LogP) is 4.11. The van der Waals surface area contributed by atoms with Crippen LogP contribution in [-0.4, -0.2) is 24.2 Å². The van der Waals surface area contributed by atoms with Crippen LogP contribution < -0.4 is 5.32 Å². The van der Waals surface area contributed by atoms with Crippen molar-refractivity contribution < 1.29 is 19.1 Å². The van der Waals surface area contributed by atoms with Gasteiger partial charge in [-0.2, -0.15) is 0 Å². The predicted molar refractivity (Wildman–Crippen MR) is 109 cm³/mol. The van der Waals surface area contributed by atoms with E-state index >= 15 is 0 Å². The summed E-state index contributed by atoms with van der Waals surface area (Å²) in [6.07, 6.45) is 0.370. The van der Waals surface area contributed by atoms with Crippen LogP contribution in [0.4, 0.5) is 0 Å². The summed E-state index contributed by atoms with van der Waals surface area (Å²) in [5.41, 5.74) is 0.947. The molecule has 3 aromatic rings. The van der Waals surface area contributed by atoms with E-state index in [1.54, 1.807) is 6.07 Å².